The zero-order chi connectivity index (χ0) is 39.8. The fourth-order valence-corrected chi connectivity index (χ4v) is 8.76. The van der Waals surface area contributed by atoms with E-state index in [9.17, 15) is 0 Å². The Bertz CT molecular complexity index is 3280. The van der Waals surface area contributed by atoms with Gasteiger partial charge in [0.15, 0.2) is 0 Å². The van der Waals surface area contributed by atoms with Gasteiger partial charge in [0.2, 0.25) is 0 Å². The van der Waals surface area contributed by atoms with E-state index >= 15 is 0 Å². The average molecular weight is 766 g/mol. The summed E-state index contributed by atoms with van der Waals surface area (Å²) in [7, 11) is 0. The van der Waals surface area contributed by atoms with Gasteiger partial charge in [-0.1, -0.05) is 188 Å². The minimum Gasteiger partial charge on any atom is -0.456 e. The second kappa shape index (κ2) is 15.1. The molecule has 1 aromatic heterocycles. The first-order valence-corrected chi connectivity index (χ1v) is 20.5. The normalized spacial score (nSPS) is 11.3. The van der Waals surface area contributed by atoms with E-state index in [1.807, 2.05) is 12.1 Å². The Morgan fingerprint density at radius 1 is 0.283 bits per heavy atom. The third kappa shape index (κ3) is 6.41. The zero-order valence-electron chi connectivity index (χ0n) is 32.9. The van der Waals surface area contributed by atoms with Crippen molar-refractivity contribution in [2.45, 2.75) is 0 Å². The predicted octanol–water partition coefficient (Wildman–Crippen LogP) is 16.5. The Morgan fingerprint density at radius 2 is 0.767 bits per heavy atom. The van der Waals surface area contributed by atoms with Crippen molar-refractivity contribution in [1.29, 1.82) is 0 Å². The van der Waals surface area contributed by atoms with E-state index in [1.165, 1.54) is 44.2 Å². The van der Waals surface area contributed by atoms with Crippen LogP contribution in [0.2, 0.25) is 0 Å². The molecule has 2 heteroatoms. The van der Waals surface area contributed by atoms with Crippen LogP contribution < -0.4 is 4.90 Å². The number of furan rings is 1. The molecule has 0 saturated carbocycles. The summed E-state index contributed by atoms with van der Waals surface area (Å²) < 4.78 is 6.26. The first-order valence-electron chi connectivity index (χ1n) is 20.5. The van der Waals surface area contributed by atoms with Crippen molar-refractivity contribution >= 4 is 49.8 Å². The monoisotopic (exact) mass is 765 g/mol. The molecule has 0 amide bonds. The Hall–Kier alpha value is -7.94. The Balaban J connectivity index is 1.00. The van der Waals surface area contributed by atoms with Gasteiger partial charge in [0.1, 0.15) is 11.2 Å². The molecule has 11 aromatic rings. The molecule has 0 unspecified atom stereocenters. The number of benzene rings is 10. The minimum absolute atomic E-state index is 0.898. The largest absolute Gasteiger partial charge is 0.456 e. The van der Waals surface area contributed by atoms with Gasteiger partial charge in [-0.3, -0.25) is 0 Å². The Morgan fingerprint density at radius 3 is 1.58 bits per heavy atom. The van der Waals surface area contributed by atoms with Crippen LogP contribution >= 0.6 is 0 Å². The van der Waals surface area contributed by atoms with Gasteiger partial charge < -0.3 is 9.32 Å². The maximum absolute atomic E-state index is 6.26. The van der Waals surface area contributed by atoms with Crippen molar-refractivity contribution in [3.05, 3.63) is 237 Å². The number of anilines is 3. The van der Waals surface area contributed by atoms with E-state index in [4.69, 9.17) is 4.42 Å². The molecule has 0 aliphatic heterocycles. The van der Waals surface area contributed by atoms with Crippen LogP contribution in [0.15, 0.2) is 241 Å². The lowest BCUT2D eigenvalue weighted by Crippen LogP contribution is -2.11. The maximum atomic E-state index is 6.26. The van der Waals surface area contributed by atoms with Crippen molar-refractivity contribution < 1.29 is 4.42 Å². The van der Waals surface area contributed by atoms with E-state index in [0.29, 0.717) is 0 Å². The third-order valence-corrected chi connectivity index (χ3v) is 11.7. The molecule has 0 N–H and O–H groups in total. The molecule has 1 heterocycles. The summed E-state index contributed by atoms with van der Waals surface area (Å²) in [6.45, 7) is 0. The quantitative estimate of drug-likeness (QED) is 0.153. The third-order valence-electron chi connectivity index (χ3n) is 11.7. The van der Waals surface area contributed by atoms with Gasteiger partial charge in [-0.2, -0.15) is 0 Å². The summed E-state index contributed by atoms with van der Waals surface area (Å²) in [6, 6.07) is 84.9. The summed E-state index contributed by atoms with van der Waals surface area (Å²) in [4.78, 5) is 2.38. The number of rotatable bonds is 8. The van der Waals surface area contributed by atoms with Crippen LogP contribution in [0.5, 0.6) is 0 Å². The predicted molar refractivity (Wildman–Crippen MR) is 253 cm³/mol. The fourth-order valence-electron chi connectivity index (χ4n) is 8.76. The molecule has 2 nitrogen and oxygen atoms in total. The van der Waals surface area contributed by atoms with Crippen LogP contribution in [0.1, 0.15) is 0 Å². The van der Waals surface area contributed by atoms with Crippen molar-refractivity contribution in [2.75, 3.05) is 4.90 Å². The average Bonchev–Trinajstić information content (AvgIpc) is 3.72. The molecule has 282 valence electrons. The first-order chi connectivity index (χ1) is 29.7. The summed E-state index contributed by atoms with van der Waals surface area (Å²) in [5.41, 5.74) is 16.9. The number of para-hydroxylation sites is 2. The van der Waals surface area contributed by atoms with Gasteiger partial charge in [0, 0.05) is 27.7 Å². The number of nitrogens with zero attached hydrogens (tertiary/aromatic N) is 1. The molecule has 10 aromatic carbocycles. The molecule has 11 rings (SSSR count). The summed E-state index contributed by atoms with van der Waals surface area (Å²) in [6.07, 6.45) is 0. The maximum Gasteiger partial charge on any atom is 0.136 e. The van der Waals surface area contributed by atoms with Gasteiger partial charge in [-0.25, -0.2) is 0 Å². The van der Waals surface area contributed by atoms with Gasteiger partial charge in [0.25, 0.3) is 0 Å². The Labute approximate surface area is 349 Å². The van der Waals surface area contributed by atoms with Crippen LogP contribution in [0.3, 0.4) is 0 Å². The summed E-state index contributed by atoms with van der Waals surface area (Å²) in [5.74, 6) is 0. The standard InChI is InChI=1S/C58H39NO/c1-2-13-40(14-3-1)41-27-29-44(30-28-41)52-20-6-8-24-55(52)59(49-37-33-45(34-38-49)53-23-12-26-57-58(53)54-21-7-9-25-56(54)60-57)48-35-31-42(32-36-48)46-17-10-18-47(39-46)51-22-11-16-43-15-4-5-19-50(43)51/h1-39H. The van der Waals surface area contributed by atoms with Crippen molar-refractivity contribution in [2.24, 2.45) is 0 Å². The lowest BCUT2D eigenvalue weighted by Gasteiger charge is -2.28. The van der Waals surface area contributed by atoms with E-state index in [-0.39, 0.29) is 0 Å². The highest BCUT2D eigenvalue weighted by atomic mass is 16.3. The van der Waals surface area contributed by atoms with E-state index < -0.39 is 0 Å². The summed E-state index contributed by atoms with van der Waals surface area (Å²) >= 11 is 0. The van der Waals surface area contributed by atoms with E-state index in [1.54, 1.807) is 0 Å². The SMILES string of the molecule is c1ccc(-c2ccc(-c3ccccc3N(c3ccc(-c4cccc(-c5cccc6ccccc56)c4)cc3)c3ccc(-c4cccc5oc6ccccc6c45)cc3)cc2)cc1. The smallest absolute Gasteiger partial charge is 0.136 e. The molecule has 0 aliphatic rings. The fraction of sp³-hybridized carbons (Fsp3) is 0. The molecule has 60 heavy (non-hydrogen) atoms. The summed E-state index contributed by atoms with van der Waals surface area (Å²) in [5, 5.41) is 4.78. The highest BCUT2D eigenvalue weighted by Gasteiger charge is 2.19. The molecule has 0 aliphatic carbocycles. The van der Waals surface area contributed by atoms with Gasteiger partial charge >= 0.3 is 0 Å². The van der Waals surface area contributed by atoms with E-state index in [0.717, 1.165) is 61.3 Å². The highest BCUT2D eigenvalue weighted by Crippen LogP contribution is 2.43. The molecule has 0 spiro atoms. The topological polar surface area (TPSA) is 16.4 Å². The molecular formula is C58H39NO. The number of hydrogen-bond donors (Lipinski definition) is 0. The van der Waals surface area contributed by atoms with Crippen LogP contribution in [-0.4, -0.2) is 0 Å². The lowest BCUT2D eigenvalue weighted by atomic mass is 9.95. The molecule has 0 saturated heterocycles. The molecule has 0 fully saturated rings. The zero-order valence-corrected chi connectivity index (χ0v) is 32.9. The minimum atomic E-state index is 0.898. The number of hydrogen-bond acceptors (Lipinski definition) is 2. The van der Waals surface area contributed by atoms with Gasteiger partial charge in [-0.15, -0.1) is 0 Å². The first kappa shape index (κ1) is 35.2. The van der Waals surface area contributed by atoms with Crippen LogP contribution in [-0.2, 0) is 0 Å². The highest BCUT2D eigenvalue weighted by molar-refractivity contribution is 6.12. The van der Waals surface area contributed by atoms with Crippen molar-refractivity contribution in [3.8, 4) is 55.6 Å². The van der Waals surface area contributed by atoms with Crippen LogP contribution in [0.4, 0.5) is 17.1 Å². The van der Waals surface area contributed by atoms with Crippen LogP contribution in [0, 0.1) is 0 Å². The van der Waals surface area contributed by atoms with E-state index in [2.05, 4.69) is 229 Å². The Kier molecular flexibility index (Phi) is 8.87. The second-order valence-corrected chi connectivity index (χ2v) is 15.3. The van der Waals surface area contributed by atoms with Crippen molar-refractivity contribution in [1.82, 2.24) is 0 Å². The van der Waals surface area contributed by atoms with Gasteiger partial charge in [0.05, 0.1) is 5.69 Å². The molecule has 0 bridgehead atoms. The molecule has 0 atom stereocenters. The number of fused-ring (bicyclic) bond motifs is 4. The lowest BCUT2D eigenvalue weighted by molar-refractivity contribution is 0.669. The molecular weight excluding hydrogens is 727 g/mol. The van der Waals surface area contributed by atoms with Crippen LogP contribution in [0.25, 0.3) is 88.3 Å². The van der Waals surface area contributed by atoms with Crippen molar-refractivity contribution in [3.63, 3.8) is 0 Å². The van der Waals surface area contributed by atoms with Gasteiger partial charge in [-0.05, 0) is 109 Å². The second-order valence-electron chi connectivity index (χ2n) is 15.3. The molecule has 0 radical (unpaired) electrons.